The molecule has 6 aromatic rings. The summed E-state index contributed by atoms with van der Waals surface area (Å²) in [5.74, 6) is 2.41. The third kappa shape index (κ3) is 10.5. The van der Waals surface area contributed by atoms with Crippen LogP contribution in [0.2, 0.25) is 0 Å². The van der Waals surface area contributed by atoms with E-state index in [-0.39, 0.29) is 47.5 Å². The van der Waals surface area contributed by atoms with Crippen LogP contribution < -0.4 is 9.47 Å². The van der Waals surface area contributed by atoms with E-state index < -0.39 is 0 Å². The van der Waals surface area contributed by atoms with Crippen LogP contribution in [-0.4, -0.2) is 31.8 Å². The summed E-state index contributed by atoms with van der Waals surface area (Å²) in [5.41, 5.74) is 5.26. The van der Waals surface area contributed by atoms with Gasteiger partial charge in [0.25, 0.3) is 6.20 Å². The van der Waals surface area contributed by atoms with E-state index in [9.17, 15) is 0 Å². The van der Waals surface area contributed by atoms with Crippen molar-refractivity contribution in [3.63, 3.8) is 0 Å². The van der Waals surface area contributed by atoms with E-state index in [1.807, 2.05) is 114 Å². The van der Waals surface area contributed by atoms with Crippen molar-refractivity contribution in [2.45, 2.75) is 26.2 Å². The van der Waals surface area contributed by atoms with Gasteiger partial charge in [0, 0.05) is 35.4 Å². The zero-order valence-electron chi connectivity index (χ0n) is 28.3. The molecule has 0 aliphatic carbocycles. The van der Waals surface area contributed by atoms with Gasteiger partial charge in [-0.2, -0.15) is 30.3 Å². The summed E-state index contributed by atoms with van der Waals surface area (Å²) in [6.07, 6.45) is 15.6. The van der Waals surface area contributed by atoms with Crippen LogP contribution >= 0.6 is 0 Å². The number of benzene rings is 4. The van der Waals surface area contributed by atoms with Crippen LogP contribution in [0.5, 0.6) is 23.0 Å². The molecule has 6 nitrogen and oxygen atoms in total. The fraction of sp³-hybridized carbons (Fsp3) is 0.116. The van der Waals surface area contributed by atoms with Crippen LogP contribution in [0.25, 0.3) is 22.4 Å². The Kier molecular flexibility index (Phi) is 13.5. The SMILES string of the molecule is C[N+]1=C=[N+](c2[c-]c(Oc3[c-]c(-c4cc(-c5[c-]c(Oc6[c-]ccc(C(C)(C)C)c6)ccc5)[c-]cn4)ccc3)ccc2)C=C1.[C-]#Cn1cccc1.[Pt+2].[Pt+4]. The first-order valence-corrected chi connectivity index (χ1v) is 15.6. The van der Waals surface area contributed by atoms with Crippen LogP contribution in [0, 0.1) is 42.8 Å². The zero-order valence-corrected chi connectivity index (χ0v) is 32.8. The fourth-order valence-corrected chi connectivity index (χ4v) is 4.80. The van der Waals surface area contributed by atoms with E-state index in [4.69, 9.17) is 15.9 Å². The van der Waals surface area contributed by atoms with Crippen LogP contribution in [0.4, 0.5) is 5.69 Å². The van der Waals surface area contributed by atoms with Gasteiger partial charge in [-0.15, -0.1) is 53.6 Å². The Labute approximate surface area is 329 Å². The molecule has 51 heavy (non-hydrogen) atoms. The maximum atomic E-state index is 6.57. The van der Waals surface area contributed by atoms with Crippen molar-refractivity contribution in [1.82, 2.24) is 9.55 Å². The van der Waals surface area contributed by atoms with Gasteiger partial charge in [0.05, 0.1) is 0 Å². The number of aromatic nitrogens is 2. The first-order chi connectivity index (χ1) is 23.7. The van der Waals surface area contributed by atoms with E-state index in [1.165, 1.54) is 5.56 Å². The van der Waals surface area contributed by atoms with Gasteiger partial charge in [0.2, 0.25) is 6.20 Å². The molecule has 3 heterocycles. The van der Waals surface area contributed by atoms with Gasteiger partial charge in [-0.25, -0.2) is 24.2 Å². The standard InChI is InChI=1S/C37H28N3O2.C6H4N.2Pt/c1-37(2,3)30-11-7-15-34(24-30)41-32-13-5-9-27(21-32)28-17-18-38-36(23-28)29-10-6-14-33(22-29)42-35-16-8-12-31(25-35)40-20-19-39(4)26-40;1-2-7-5-3-4-6-7;;/h5-14,16,18-20,23-24H,1-4H3;3-6H;;/q-3;-1;+2;+4. The predicted octanol–water partition coefficient (Wildman–Crippen LogP) is 9.12. The molecule has 0 bridgehead atoms. The Morgan fingerprint density at radius 2 is 1.41 bits per heavy atom. The molecule has 0 spiro atoms. The zero-order chi connectivity index (χ0) is 34.2. The van der Waals surface area contributed by atoms with Gasteiger partial charge >= 0.3 is 48.1 Å². The molecule has 1 aliphatic heterocycles. The van der Waals surface area contributed by atoms with Gasteiger partial charge < -0.3 is 25.4 Å². The van der Waals surface area contributed by atoms with Crippen LogP contribution in [0.1, 0.15) is 26.3 Å². The van der Waals surface area contributed by atoms with Gasteiger partial charge in [-0.1, -0.05) is 60.0 Å². The minimum Gasteiger partial charge on any atom is -0.669 e. The Balaban J connectivity index is 0.000000581. The summed E-state index contributed by atoms with van der Waals surface area (Å²) < 4.78 is 17.5. The second-order valence-corrected chi connectivity index (χ2v) is 12.1. The predicted molar refractivity (Wildman–Crippen MR) is 188 cm³/mol. The number of nitrogens with zero attached hydrogens (tertiary/aromatic N) is 4. The van der Waals surface area contributed by atoms with Crippen molar-refractivity contribution < 1.29 is 60.8 Å². The van der Waals surface area contributed by atoms with E-state index in [0.717, 1.165) is 28.1 Å². The van der Waals surface area contributed by atoms with Crippen molar-refractivity contribution in [3.8, 4) is 51.4 Å². The first-order valence-electron chi connectivity index (χ1n) is 15.6. The molecule has 0 atom stereocenters. The Bertz CT molecular complexity index is 2240. The normalized spacial score (nSPS) is 11.4. The summed E-state index contributed by atoms with van der Waals surface area (Å²) in [5, 5.41) is 0. The number of pyridine rings is 1. The van der Waals surface area contributed by atoms with Gasteiger partial charge in [0.1, 0.15) is 5.69 Å². The molecule has 0 amide bonds. The monoisotopic (exact) mass is 1030 g/mol. The Hall–Kier alpha value is -5.03. The summed E-state index contributed by atoms with van der Waals surface area (Å²) in [7, 11) is 1.92. The molecule has 2 aromatic heterocycles. The Morgan fingerprint density at radius 3 is 2.06 bits per heavy atom. The van der Waals surface area contributed by atoms with Gasteiger partial charge in [-0.05, 0) is 17.5 Å². The van der Waals surface area contributed by atoms with Crippen molar-refractivity contribution >= 4 is 11.7 Å². The second-order valence-electron chi connectivity index (χ2n) is 12.1. The van der Waals surface area contributed by atoms with E-state index in [0.29, 0.717) is 23.0 Å². The maximum absolute atomic E-state index is 6.57. The topological polar surface area (TPSA) is 42.3 Å². The number of rotatable bonds is 7. The number of ether oxygens (including phenoxy) is 2. The number of hydrogen-bond donors (Lipinski definition) is 0. The van der Waals surface area contributed by atoms with Crippen LogP contribution in [-0.2, 0) is 47.5 Å². The van der Waals surface area contributed by atoms with E-state index >= 15 is 0 Å². The summed E-state index contributed by atoms with van der Waals surface area (Å²) in [4.78, 5) is 4.55. The third-order valence-corrected chi connectivity index (χ3v) is 7.34. The molecular weight excluding hydrogens is 995 g/mol. The minimum absolute atomic E-state index is 0. The maximum Gasteiger partial charge on any atom is 4.00 e. The minimum atomic E-state index is 0. The van der Waals surface area contributed by atoms with Crippen molar-refractivity contribution in [1.29, 1.82) is 0 Å². The molecular formula is C43H32N4O2Pt2+2. The molecule has 7 rings (SSSR count). The molecule has 0 saturated heterocycles. The average Bonchev–Trinajstić information content (AvgIpc) is 3.81. The van der Waals surface area contributed by atoms with E-state index in [2.05, 4.69) is 74.2 Å². The molecule has 8 heteroatoms. The van der Waals surface area contributed by atoms with Crippen LogP contribution in [0.15, 0.2) is 122 Å². The van der Waals surface area contributed by atoms with Crippen molar-refractivity contribution in [2.75, 3.05) is 7.05 Å². The van der Waals surface area contributed by atoms with Crippen molar-refractivity contribution in [3.05, 3.63) is 164 Å². The average molecular weight is 1030 g/mol. The molecule has 0 fully saturated rings. The van der Waals surface area contributed by atoms with Crippen molar-refractivity contribution in [2.24, 2.45) is 0 Å². The largest absolute Gasteiger partial charge is 4.00 e. The second kappa shape index (κ2) is 17.8. The van der Waals surface area contributed by atoms with Gasteiger partial charge in [-0.3, -0.25) is 11.1 Å². The van der Waals surface area contributed by atoms with E-state index in [1.54, 1.807) is 23.2 Å². The first kappa shape index (κ1) is 38.8. The molecule has 0 saturated carbocycles. The van der Waals surface area contributed by atoms with Gasteiger partial charge in [0.15, 0.2) is 7.05 Å². The summed E-state index contributed by atoms with van der Waals surface area (Å²) in [6.45, 7) is 6.53. The Morgan fingerprint density at radius 1 is 0.765 bits per heavy atom. The smallest absolute Gasteiger partial charge is 0.669 e. The number of hydrogen-bond acceptors (Lipinski definition) is 3. The summed E-state index contributed by atoms with van der Waals surface area (Å²) >= 11 is 0. The molecule has 0 radical (unpaired) electrons. The fourth-order valence-electron chi connectivity index (χ4n) is 4.80. The molecule has 1 aliphatic rings. The molecule has 0 N–H and O–H groups in total. The van der Waals surface area contributed by atoms with Crippen LogP contribution in [0.3, 0.4) is 0 Å². The molecule has 4 aromatic carbocycles. The summed E-state index contributed by atoms with van der Waals surface area (Å²) in [6, 6.07) is 50.7. The molecule has 0 unspecified atom stereocenters. The quantitative estimate of drug-likeness (QED) is 0.0912. The third-order valence-electron chi connectivity index (χ3n) is 7.34. The molecule has 254 valence electrons.